The van der Waals surface area contributed by atoms with E-state index in [1.54, 1.807) is 13.2 Å². The summed E-state index contributed by atoms with van der Waals surface area (Å²) < 4.78 is 10.8. The Hall–Kier alpha value is -2.80. The molecular weight excluding hydrogens is 346 g/mol. The van der Waals surface area contributed by atoms with Crippen LogP contribution in [0.15, 0.2) is 47.1 Å². The second-order valence-electron chi connectivity index (χ2n) is 7.33. The molecule has 0 spiro atoms. The van der Waals surface area contributed by atoms with Crippen molar-refractivity contribution in [3.63, 3.8) is 0 Å². The molecule has 7 heteroatoms. The third kappa shape index (κ3) is 7.53. The van der Waals surface area contributed by atoms with Crippen molar-refractivity contribution in [2.45, 2.75) is 52.5 Å². The van der Waals surface area contributed by atoms with Gasteiger partial charge >= 0.3 is 6.03 Å². The van der Waals surface area contributed by atoms with E-state index in [1.165, 1.54) is 0 Å². The fourth-order valence-corrected chi connectivity index (χ4v) is 2.32. The maximum atomic E-state index is 12.2. The molecule has 0 fully saturated rings. The SMILES string of the molecule is C[C@H](Nc1cccc(COCc2ccco2)c1)C(=O)NC(=O)NC(C)(C)C. The maximum absolute atomic E-state index is 12.2. The molecule has 3 amide bonds. The highest BCUT2D eigenvalue weighted by molar-refractivity contribution is 5.98. The fraction of sp³-hybridized carbons (Fsp3) is 0.400. The van der Waals surface area contributed by atoms with Crippen LogP contribution in [0.4, 0.5) is 10.5 Å². The maximum Gasteiger partial charge on any atom is 0.321 e. The number of benzene rings is 1. The minimum Gasteiger partial charge on any atom is -0.467 e. The Morgan fingerprint density at radius 2 is 1.93 bits per heavy atom. The van der Waals surface area contributed by atoms with Gasteiger partial charge in [-0.3, -0.25) is 10.1 Å². The number of rotatable bonds is 7. The molecule has 7 nitrogen and oxygen atoms in total. The van der Waals surface area contributed by atoms with Crippen molar-refractivity contribution in [1.29, 1.82) is 0 Å². The molecule has 0 radical (unpaired) electrons. The lowest BCUT2D eigenvalue weighted by Gasteiger charge is -2.21. The minimum absolute atomic E-state index is 0.395. The van der Waals surface area contributed by atoms with Crippen LogP contribution in [0.3, 0.4) is 0 Å². The number of hydrogen-bond acceptors (Lipinski definition) is 5. The van der Waals surface area contributed by atoms with Crippen molar-refractivity contribution in [2.75, 3.05) is 5.32 Å². The number of anilines is 1. The third-order valence-electron chi connectivity index (χ3n) is 3.52. The molecule has 1 aromatic carbocycles. The molecular formula is C20H27N3O4. The number of hydrogen-bond donors (Lipinski definition) is 3. The number of carbonyl (C=O) groups is 2. The Balaban J connectivity index is 1.83. The van der Waals surface area contributed by atoms with Crippen LogP contribution < -0.4 is 16.0 Å². The first kappa shape index (κ1) is 20.5. The van der Waals surface area contributed by atoms with Gasteiger partial charge in [0.05, 0.1) is 12.9 Å². The van der Waals surface area contributed by atoms with Gasteiger partial charge in [0.25, 0.3) is 0 Å². The molecule has 1 heterocycles. The van der Waals surface area contributed by atoms with Crippen molar-refractivity contribution in [1.82, 2.24) is 10.6 Å². The Labute approximate surface area is 159 Å². The Bertz CT molecular complexity index is 751. The summed E-state index contributed by atoms with van der Waals surface area (Å²) in [5.74, 6) is 0.360. The first-order valence-corrected chi connectivity index (χ1v) is 8.81. The van der Waals surface area contributed by atoms with Crippen LogP contribution >= 0.6 is 0 Å². The third-order valence-corrected chi connectivity index (χ3v) is 3.52. The number of furan rings is 1. The molecule has 0 aliphatic heterocycles. The van der Waals surface area contributed by atoms with Gasteiger partial charge in [0.1, 0.15) is 18.4 Å². The highest BCUT2D eigenvalue weighted by Crippen LogP contribution is 2.14. The molecule has 0 aliphatic rings. The summed E-state index contributed by atoms with van der Waals surface area (Å²) >= 11 is 0. The first-order valence-electron chi connectivity index (χ1n) is 8.81. The smallest absolute Gasteiger partial charge is 0.321 e. The molecule has 0 aliphatic carbocycles. The molecule has 0 saturated heterocycles. The number of imide groups is 1. The normalized spacial score (nSPS) is 12.3. The summed E-state index contributed by atoms with van der Waals surface area (Å²) in [6, 6.07) is 10.2. The molecule has 2 rings (SSSR count). The Morgan fingerprint density at radius 3 is 2.59 bits per heavy atom. The minimum atomic E-state index is -0.574. The van der Waals surface area contributed by atoms with Crippen LogP contribution in [-0.4, -0.2) is 23.5 Å². The van der Waals surface area contributed by atoms with E-state index in [2.05, 4.69) is 16.0 Å². The van der Waals surface area contributed by atoms with E-state index in [0.717, 1.165) is 17.0 Å². The van der Waals surface area contributed by atoms with E-state index >= 15 is 0 Å². The topological polar surface area (TPSA) is 92.6 Å². The lowest BCUT2D eigenvalue weighted by atomic mass is 10.1. The molecule has 3 N–H and O–H groups in total. The first-order chi connectivity index (χ1) is 12.7. The van der Waals surface area contributed by atoms with Gasteiger partial charge in [-0.1, -0.05) is 12.1 Å². The van der Waals surface area contributed by atoms with E-state index in [1.807, 2.05) is 57.2 Å². The monoisotopic (exact) mass is 373 g/mol. The van der Waals surface area contributed by atoms with Gasteiger partial charge in [-0.2, -0.15) is 0 Å². The average molecular weight is 373 g/mol. The van der Waals surface area contributed by atoms with E-state index in [-0.39, 0.29) is 0 Å². The highest BCUT2D eigenvalue weighted by atomic mass is 16.5. The quantitative estimate of drug-likeness (QED) is 0.691. The Morgan fingerprint density at radius 1 is 1.15 bits per heavy atom. The van der Waals surface area contributed by atoms with E-state index in [9.17, 15) is 9.59 Å². The van der Waals surface area contributed by atoms with Crippen molar-refractivity contribution >= 4 is 17.6 Å². The number of carbonyl (C=O) groups excluding carboxylic acids is 2. The molecule has 0 unspecified atom stereocenters. The van der Waals surface area contributed by atoms with E-state index < -0.39 is 23.5 Å². The zero-order chi connectivity index (χ0) is 19.9. The van der Waals surface area contributed by atoms with Crippen LogP contribution in [0, 0.1) is 0 Å². The number of urea groups is 1. The molecule has 2 aromatic rings. The van der Waals surface area contributed by atoms with Crippen molar-refractivity contribution in [3.8, 4) is 0 Å². The summed E-state index contributed by atoms with van der Waals surface area (Å²) in [4.78, 5) is 24.0. The number of nitrogens with one attached hydrogen (secondary N) is 3. The van der Waals surface area contributed by atoms with Crippen LogP contribution in [0.5, 0.6) is 0 Å². The number of ether oxygens (including phenoxy) is 1. The molecule has 146 valence electrons. The lowest BCUT2D eigenvalue weighted by Crippen LogP contribution is -2.51. The largest absolute Gasteiger partial charge is 0.467 e. The summed E-state index contributed by atoms with van der Waals surface area (Å²) in [5, 5.41) is 8.11. The van der Waals surface area contributed by atoms with Crippen LogP contribution in [0.2, 0.25) is 0 Å². The standard InChI is InChI=1S/C20H27N3O4/c1-14(18(24)22-19(25)23-20(2,3)4)21-16-8-5-7-15(11-16)12-26-13-17-9-6-10-27-17/h5-11,14,21H,12-13H2,1-4H3,(H2,22,23,24,25)/t14-/m0/s1. The summed E-state index contributed by atoms with van der Waals surface area (Å²) in [7, 11) is 0. The van der Waals surface area contributed by atoms with Crippen LogP contribution in [0.25, 0.3) is 0 Å². The summed E-state index contributed by atoms with van der Waals surface area (Å²) in [6.07, 6.45) is 1.61. The second-order valence-corrected chi connectivity index (χ2v) is 7.33. The predicted molar refractivity (Wildman–Crippen MR) is 103 cm³/mol. The van der Waals surface area contributed by atoms with Gasteiger partial charge in [0.15, 0.2) is 0 Å². The predicted octanol–water partition coefficient (Wildman–Crippen LogP) is 3.42. The lowest BCUT2D eigenvalue weighted by molar-refractivity contribution is -0.120. The van der Waals surface area contributed by atoms with Crippen molar-refractivity contribution in [3.05, 3.63) is 54.0 Å². The van der Waals surface area contributed by atoms with Gasteiger partial charge < -0.3 is 19.8 Å². The van der Waals surface area contributed by atoms with Gasteiger partial charge in [-0.15, -0.1) is 0 Å². The average Bonchev–Trinajstić information content (AvgIpc) is 3.06. The van der Waals surface area contributed by atoms with E-state index in [4.69, 9.17) is 9.15 Å². The van der Waals surface area contributed by atoms with Gasteiger partial charge in [-0.25, -0.2) is 4.79 Å². The van der Waals surface area contributed by atoms with Crippen molar-refractivity contribution in [2.24, 2.45) is 0 Å². The molecule has 0 bridgehead atoms. The highest BCUT2D eigenvalue weighted by Gasteiger charge is 2.19. The molecule has 27 heavy (non-hydrogen) atoms. The number of amides is 3. The van der Waals surface area contributed by atoms with Crippen molar-refractivity contribution < 1.29 is 18.7 Å². The second kappa shape index (κ2) is 9.23. The zero-order valence-corrected chi connectivity index (χ0v) is 16.2. The fourth-order valence-electron chi connectivity index (χ4n) is 2.32. The zero-order valence-electron chi connectivity index (χ0n) is 16.2. The summed E-state index contributed by atoms with van der Waals surface area (Å²) in [6.45, 7) is 8.05. The van der Waals surface area contributed by atoms with E-state index in [0.29, 0.717) is 13.2 Å². The Kier molecular flexibility index (Phi) is 7.01. The van der Waals surface area contributed by atoms with Crippen LogP contribution in [-0.2, 0) is 22.7 Å². The molecule has 0 saturated carbocycles. The van der Waals surface area contributed by atoms with Crippen LogP contribution in [0.1, 0.15) is 39.0 Å². The van der Waals surface area contributed by atoms with Gasteiger partial charge in [0.2, 0.25) is 5.91 Å². The summed E-state index contributed by atoms with van der Waals surface area (Å²) in [5.41, 5.74) is 1.32. The van der Waals surface area contributed by atoms with Gasteiger partial charge in [-0.05, 0) is 57.5 Å². The molecule has 1 atom stereocenters. The van der Waals surface area contributed by atoms with Gasteiger partial charge in [0, 0.05) is 11.2 Å². The molecule has 1 aromatic heterocycles.